The lowest BCUT2D eigenvalue weighted by atomic mass is 10.2. The molecule has 0 atom stereocenters. The van der Waals surface area contributed by atoms with Crippen LogP contribution in [0.15, 0.2) is 24.3 Å². The maximum Gasteiger partial charge on any atom is 0.251 e. The Morgan fingerprint density at radius 1 is 1.41 bits per heavy atom. The predicted octanol–water partition coefficient (Wildman–Crippen LogP) is 1.63. The van der Waals surface area contributed by atoms with E-state index in [4.69, 9.17) is 4.74 Å². The van der Waals surface area contributed by atoms with Crippen molar-refractivity contribution in [2.24, 2.45) is 0 Å². The molecule has 2 aromatic rings. The summed E-state index contributed by atoms with van der Waals surface area (Å²) in [5, 5.41) is 14.4. The maximum absolute atomic E-state index is 12.1. The van der Waals surface area contributed by atoms with Crippen molar-refractivity contribution in [3.05, 3.63) is 35.7 Å². The summed E-state index contributed by atoms with van der Waals surface area (Å²) in [5.74, 6) is 1.32. The van der Waals surface area contributed by atoms with E-state index in [0.717, 1.165) is 5.82 Å². The summed E-state index contributed by atoms with van der Waals surface area (Å²) < 4.78 is 7.14. The number of aromatic nitrogens is 4. The summed E-state index contributed by atoms with van der Waals surface area (Å²) in [5.41, 5.74) is 0.578. The van der Waals surface area contributed by atoms with Gasteiger partial charge >= 0.3 is 0 Å². The number of carbonyl (C=O) groups excluding carboxylic acids is 1. The van der Waals surface area contributed by atoms with Crippen molar-refractivity contribution in [2.45, 2.75) is 33.2 Å². The van der Waals surface area contributed by atoms with Crippen LogP contribution in [-0.2, 0) is 6.42 Å². The van der Waals surface area contributed by atoms with Crippen molar-refractivity contribution >= 4 is 5.91 Å². The zero-order valence-corrected chi connectivity index (χ0v) is 13.1. The van der Waals surface area contributed by atoms with Crippen molar-refractivity contribution in [1.29, 1.82) is 0 Å². The number of nitrogens with one attached hydrogen (secondary N) is 1. The van der Waals surface area contributed by atoms with Crippen molar-refractivity contribution in [3.8, 4) is 5.75 Å². The summed E-state index contributed by atoms with van der Waals surface area (Å²) in [7, 11) is 0. The molecule has 0 bridgehead atoms. The van der Waals surface area contributed by atoms with E-state index in [-0.39, 0.29) is 11.9 Å². The Morgan fingerprint density at radius 3 is 2.95 bits per heavy atom. The largest absolute Gasteiger partial charge is 0.494 e. The zero-order valence-electron chi connectivity index (χ0n) is 13.1. The van der Waals surface area contributed by atoms with Crippen LogP contribution in [0, 0.1) is 0 Å². The first-order valence-electron chi connectivity index (χ1n) is 7.39. The summed E-state index contributed by atoms with van der Waals surface area (Å²) >= 11 is 0. The van der Waals surface area contributed by atoms with Gasteiger partial charge in [0.2, 0.25) is 0 Å². The highest BCUT2D eigenvalue weighted by molar-refractivity contribution is 5.94. The standard InChI is InChI=1S/C15H21N5O2/c1-4-22-13-7-5-6-12(10-13)15(21)16-9-8-14-17-18-19-20(14)11(2)3/h5-7,10-11H,4,8-9H2,1-3H3,(H,16,21). The number of hydrogen-bond donors (Lipinski definition) is 1. The van der Waals surface area contributed by atoms with Gasteiger partial charge in [-0.3, -0.25) is 4.79 Å². The van der Waals surface area contributed by atoms with Crippen LogP contribution in [-0.4, -0.2) is 39.3 Å². The van der Waals surface area contributed by atoms with Crippen LogP contribution >= 0.6 is 0 Å². The van der Waals surface area contributed by atoms with Gasteiger partial charge in [0.15, 0.2) is 5.82 Å². The second-order valence-corrected chi connectivity index (χ2v) is 5.10. The molecule has 0 aliphatic carbocycles. The third-order valence-corrected chi connectivity index (χ3v) is 3.09. The third-order valence-electron chi connectivity index (χ3n) is 3.09. The maximum atomic E-state index is 12.1. The molecular weight excluding hydrogens is 282 g/mol. The second kappa shape index (κ2) is 7.53. The number of ether oxygens (including phenoxy) is 1. The normalized spacial score (nSPS) is 10.7. The number of benzene rings is 1. The molecule has 1 heterocycles. The highest BCUT2D eigenvalue weighted by atomic mass is 16.5. The van der Waals surface area contributed by atoms with Crippen molar-refractivity contribution in [1.82, 2.24) is 25.5 Å². The Kier molecular flexibility index (Phi) is 5.46. The molecule has 0 unspecified atom stereocenters. The molecule has 7 heteroatoms. The highest BCUT2D eigenvalue weighted by Gasteiger charge is 2.10. The fourth-order valence-electron chi connectivity index (χ4n) is 2.06. The Balaban J connectivity index is 1.90. The molecule has 1 aromatic carbocycles. The molecule has 7 nitrogen and oxygen atoms in total. The van der Waals surface area contributed by atoms with Crippen LogP contribution < -0.4 is 10.1 Å². The van der Waals surface area contributed by atoms with E-state index in [0.29, 0.717) is 30.9 Å². The number of hydrogen-bond acceptors (Lipinski definition) is 5. The van der Waals surface area contributed by atoms with Crippen LogP contribution in [0.25, 0.3) is 0 Å². The first-order chi connectivity index (χ1) is 10.6. The van der Waals surface area contributed by atoms with Gasteiger partial charge in [-0.15, -0.1) is 5.10 Å². The lowest BCUT2D eigenvalue weighted by Gasteiger charge is -2.09. The van der Waals surface area contributed by atoms with Crippen molar-refractivity contribution in [3.63, 3.8) is 0 Å². The van der Waals surface area contributed by atoms with Crippen LogP contribution in [0.1, 0.15) is 43.0 Å². The minimum Gasteiger partial charge on any atom is -0.494 e. The van der Waals surface area contributed by atoms with E-state index >= 15 is 0 Å². The van der Waals surface area contributed by atoms with Gasteiger partial charge in [-0.1, -0.05) is 6.07 Å². The van der Waals surface area contributed by atoms with Crippen LogP contribution in [0.5, 0.6) is 5.75 Å². The van der Waals surface area contributed by atoms with E-state index < -0.39 is 0 Å². The smallest absolute Gasteiger partial charge is 0.251 e. The molecule has 0 saturated carbocycles. The second-order valence-electron chi connectivity index (χ2n) is 5.10. The average Bonchev–Trinajstić information content (AvgIpc) is 2.96. The molecule has 0 radical (unpaired) electrons. The van der Waals surface area contributed by atoms with E-state index in [2.05, 4.69) is 20.8 Å². The number of tetrazole rings is 1. The number of carbonyl (C=O) groups is 1. The molecule has 1 amide bonds. The number of amides is 1. The Bertz CT molecular complexity index is 624. The molecule has 0 aliphatic rings. The Labute approximate surface area is 129 Å². The van der Waals surface area contributed by atoms with Gasteiger partial charge < -0.3 is 10.1 Å². The summed E-state index contributed by atoms with van der Waals surface area (Å²) in [6, 6.07) is 7.33. The summed E-state index contributed by atoms with van der Waals surface area (Å²) in [6.07, 6.45) is 0.585. The monoisotopic (exact) mass is 303 g/mol. The van der Waals surface area contributed by atoms with Crippen LogP contribution in [0.4, 0.5) is 0 Å². The lowest BCUT2D eigenvalue weighted by Crippen LogP contribution is -2.26. The fraction of sp³-hybridized carbons (Fsp3) is 0.467. The molecule has 0 saturated heterocycles. The molecule has 118 valence electrons. The van der Waals surface area contributed by atoms with Crippen molar-refractivity contribution in [2.75, 3.05) is 13.2 Å². The van der Waals surface area contributed by atoms with Gasteiger partial charge in [0, 0.05) is 18.5 Å². The van der Waals surface area contributed by atoms with E-state index in [1.165, 1.54) is 0 Å². The van der Waals surface area contributed by atoms with Crippen LogP contribution in [0.2, 0.25) is 0 Å². The molecule has 2 rings (SSSR count). The molecular formula is C15H21N5O2. The van der Waals surface area contributed by atoms with Gasteiger partial charge in [-0.2, -0.15) is 0 Å². The number of rotatable bonds is 7. The fourth-order valence-corrected chi connectivity index (χ4v) is 2.06. The minimum atomic E-state index is -0.134. The van der Waals surface area contributed by atoms with Crippen molar-refractivity contribution < 1.29 is 9.53 Å². The minimum absolute atomic E-state index is 0.134. The van der Waals surface area contributed by atoms with Gasteiger partial charge in [0.05, 0.1) is 12.6 Å². The molecule has 0 spiro atoms. The molecule has 0 aliphatic heterocycles. The molecule has 22 heavy (non-hydrogen) atoms. The predicted molar refractivity (Wildman–Crippen MR) is 81.9 cm³/mol. The zero-order chi connectivity index (χ0) is 15.9. The van der Waals surface area contributed by atoms with Gasteiger partial charge in [0.1, 0.15) is 5.75 Å². The van der Waals surface area contributed by atoms with E-state index in [9.17, 15) is 4.79 Å². The third kappa shape index (κ3) is 4.03. The van der Waals surface area contributed by atoms with Crippen LogP contribution in [0.3, 0.4) is 0 Å². The van der Waals surface area contributed by atoms with Gasteiger partial charge in [-0.25, -0.2) is 4.68 Å². The summed E-state index contributed by atoms with van der Waals surface area (Å²) in [4.78, 5) is 12.1. The molecule has 1 N–H and O–H groups in total. The Morgan fingerprint density at radius 2 is 2.23 bits per heavy atom. The lowest BCUT2D eigenvalue weighted by molar-refractivity contribution is 0.0953. The quantitative estimate of drug-likeness (QED) is 0.840. The first kappa shape index (κ1) is 15.9. The first-order valence-corrected chi connectivity index (χ1v) is 7.39. The summed E-state index contributed by atoms with van der Waals surface area (Å²) in [6.45, 7) is 6.98. The molecule has 0 fully saturated rings. The highest BCUT2D eigenvalue weighted by Crippen LogP contribution is 2.13. The Hall–Kier alpha value is -2.44. The van der Waals surface area contributed by atoms with Gasteiger partial charge in [0.25, 0.3) is 5.91 Å². The topological polar surface area (TPSA) is 81.9 Å². The van der Waals surface area contributed by atoms with E-state index in [1.807, 2.05) is 26.8 Å². The number of nitrogens with zero attached hydrogens (tertiary/aromatic N) is 4. The van der Waals surface area contributed by atoms with Gasteiger partial charge in [-0.05, 0) is 49.4 Å². The van der Waals surface area contributed by atoms with E-state index in [1.54, 1.807) is 22.9 Å². The molecule has 1 aromatic heterocycles. The average molecular weight is 303 g/mol. The SMILES string of the molecule is CCOc1cccc(C(=O)NCCc2nnnn2C(C)C)c1.